The molecule has 0 radical (unpaired) electrons. The van der Waals surface area contributed by atoms with Crippen LogP contribution in [0.15, 0.2) is 23.2 Å². The lowest BCUT2D eigenvalue weighted by molar-refractivity contribution is 0.411. The van der Waals surface area contributed by atoms with Crippen molar-refractivity contribution in [1.29, 1.82) is 0 Å². The molecular formula is C14H24IN3O. The van der Waals surface area contributed by atoms with E-state index in [0.29, 0.717) is 12.5 Å². The third-order valence-electron chi connectivity index (χ3n) is 2.39. The summed E-state index contributed by atoms with van der Waals surface area (Å²) < 4.78 is 5.22. The van der Waals surface area contributed by atoms with E-state index in [1.54, 1.807) is 7.11 Å². The molecule has 0 aromatic heterocycles. The number of aryl methyl sites for hydroxylation is 1. The van der Waals surface area contributed by atoms with E-state index in [1.165, 1.54) is 0 Å². The SMILES string of the molecule is COc1ccc(CN=C(N)NC(C)(C)C)cc1C.I. The predicted octanol–water partition coefficient (Wildman–Crippen LogP) is 2.82. The number of ether oxygens (including phenoxy) is 1. The van der Waals surface area contributed by atoms with Crippen molar-refractivity contribution < 1.29 is 4.74 Å². The topological polar surface area (TPSA) is 59.6 Å². The van der Waals surface area contributed by atoms with Crippen LogP contribution in [-0.4, -0.2) is 18.6 Å². The number of benzene rings is 1. The number of aliphatic imine (C=N–C) groups is 1. The minimum Gasteiger partial charge on any atom is -0.496 e. The van der Waals surface area contributed by atoms with Crippen molar-refractivity contribution in [2.45, 2.75) is 39.8 Å². The number of hydrogen-bond donors (Lipinski definition) is 2. The number of nitrogens with zero attached hydrogens (tertiary/aromatic N) is 1. The number of nitrogens with two attached hydrogens (primary N) is 1. The standard InChI is InChI=1S/C14H23N3O.HI/c1-10-8-11(6-7-12(10)18-5)9-16-13(15)17-14(2,3)4;/h6-8H,9H2,1-5H3,(H3,15,16,17);1H. The Bertz CT molecular complexity index is 439. The van der Waals surface area contributed by atoms with E-state index in [1.807, 2.05) is 39.8 Å². The lowest BCUT2D eigenvalue weighted by atomic mass is 10.1. The van der Waals surface area contributed by atoms with E-state index >= 15 is 0 Å². The quantitative estimate of drug-likeness (QED) is 0.484. The van der Waals surface area contributed by atoms with Gasteiger partial charge in [-0.05, 0) is 44.9 Å². The van der Waals surface area contributed by atoms with Crippen molar-refractivity contribution in [1.82, 2.24) is 5.32 Å². The number of hydrogen-bond acceptors (Lipinski definition) is 2. The number of halogens is 1. The van der Waals surface area contributed by atoms with Crippen molar-refractivity contribution in [2.24, 2.45) is 10.7 Å². The lowest BCUT2D eigenvalue weighted by Crippen LogP contribution is -2.44. The number of rotatable bonds is 3. The van der Waals surface area contributed by atoms with Crippen LogP contribution in [0.1, 0.15) is 31.9 Å². The highest BCUT2D eigenvalue weighted by Gasteiger charge is 2.09. The van der Waals surface area contributed by atoms with Gasteiger partial charge in [-0.1, -0.05) is 12.1 Å². The predicted molar refractivity (Wildman–Crippen MR) is 91.4 cm³/mol. The van der Waals surface area contributed by atoms with Gasteiger partial charge in [-0.3, -0.25) is 0 Å². The summed E-state index contributed by atoms with van der Waals surface area (Å²) >= 11 is 0. The molecule has 1 rings (SSSR count). The molecule has 0 fully saturated rings. The molecule has 5 heteroatoms. The van der Waals surface area contributed by atoms with Gasteiger partial charge in [-0.25, -0.2) is 4.99 Å². The number of methoxy groups -OCH3 is 1. The van der Waals surface area contributed by atoms with Crippen LogP contribution in [0.2, 0.25) is 0 Å². The smallest absolute Gasteiger partial charge is 0.189 e. The van der Waals surface area contributed by atoms with Gasteiger partial charge in [0, 0.05) is 5.54 Å². The Balaban J connectivity index is 0.00000324. The van der Waals surface area contributed by atoms with Gasteiger partial charge in [0.1, 0.15) is 5.75 Å². The fourth-order valence-corrected chi connectivity index (χ4v) is 1.64. The van der Waals surface area contributed by atoms with Crippen LogP contribution in [-0.2, 0) is 6.54 Å². The van der Waals surface area contributed by atoms with Crippen LogP contribution in [0.4, 0.5) is 0 Å². The Labute approximate surface area is 132 Å². The monoisotopic (exact) mass is 377 g/mol. The minimum atomic E-state index is -0.0661. The lowest BCUT2D eigenvalue weighted by Gasteiger charge is -2.21. The summed E-state index contributed by atoms with van der Waals surface area (Å²) in [5.41, 5.74) is 7.97. The Morgan fingerprint density at radius 1 is 1.37 bits per heavy atom. The highest BCUT2D eigenvalue weighted by atomic mass is 127. The van der Waals surface area contributed by atoms with Crippen LogP contribution in [0, 0.1) is 6.92 Å². The van der Waals surface area contributed by atoms with E-state index in [4.69, 9.17) is 10.5 Å². The first kappa shape index (κ1) is 18.0. The summed E-state index contributed by atoms with van der Waals surface area (Å²) in [7, 11) is 1.67. The number of nitrogens with one attached hydrogen (secondary N) is 1. The van der Waals surface area contributed by atoms with Crippen LogP contribution in [0.3, 0.4) is 0 Å². The van der Waals surface area contributed by atoms with Crippen LogP contribution < -0.4 is 15.8 Å². The third-order valence-corrected chi connectivity index (χ3v) is 2.39. The molecule has 0 heterocycles. The maximum Gasteiger partial charge on any atom is 0.189 e. The van der Waals surface area contributed by atoms with Crippen LogP contribution in [0.25, 0.3) is 0 Å². The molecule has 19 heavy (non-hydrogen) atoms. The zero-order chi connectivity index (χ0) is 13.8. The fraction of sp³-hybridized carbons (Fsp3) is 0.500. The highest BCUT2D eigenvalue weighted by molar-refractivity contribution is 14.0. The Hall–Kier alpha value is -0.980. The van der Waals surface area contributed by atoms with Crippen molar-refractivity contribution in [2.75, 3.05) is 7.11 Å². The molecule has 108 valence electrons. The first-order valence-electron chi connectivity index (χ1n) is 6.03. The Morgan fingerprint density at radius 3 is 2.47 bits per heavy atom. The van der Waals surface area contributed by atoms with E-state index in [-0.39, 0.29) is 29.5 Å². The summed E-state index contributed by atoms with van der Waals surface area (Å²) in [5.74, 6) is 1.36. The summed E-state index contributed by atoms with van der Waals surface area (Å²) in [6.45, 7) is 8.73. The third kappa shape index (κ3) is 6.66. The largest absolute Gasteiger partial charge is 0.496 e. The van der Waals surface area contributed by atoms with Gasteiger partial charge in [0.15, 0.2) is 5.96 Å². The first-order chi connectivity index (χ1) is 8.31. The molecule has 0 aliphatic heterocycles. The molecule has 1 aromatic carbocycles. The van der Waals surface area contributed by atoms with Gasteiger partial charge < -0.3 is 15.8 Å². The maximum atomic E-state index is 5.82. The first-order valence-corrected chi connectivity index (χ1v) is 6.03. The van der Waals surface area contributed by atoms with Crippen molar-refractivity contribution >= 4 is 29.9 Å². The minimum absolute atomic E-state index is 0. The van der Waals surface area contributed by atoms with Gasteiger partial charge in [0.05, 0.1) is 13.7 Å². The molecule has 3 N–H and O–H groups in total. The van der Waals surface area contributed by atoms with Gasteiger partial charge in [0.25, 0.3) is 0 Å². The van der Waals surface area contributed by atoms with Crippen LogP contribution >= 0.6 is 24.0 Å². The molecule has 0 amide bonds. The van der Waals surface area contributed by atoms with Gasteiger partial charge >= 0.3 is 0 Å². The average molecular weight is 377 g/mol. The van der Waals surface area contributed by atoms with Gasteiger partial charge in [-0.15, -0.1) is 24.0 Å². The van der Waals surface area contributed by atoms with Crippen molar-refractivity contribution in [3.8, 4) is 5.75 Å². The number of guanidine groups is 1. The molecule has 0 spiro atoms. The second-order valence-electron chi connectivity index (χ2n) is 5.38. The normalized spacial score (nSPS) is 11.7. The summed E-state index contributed by atoms with van der Waals surface area (Å²) in [5, 5.41) is 3.13. The Morgan fingerprint density at radius 2 is 2.00 bits per heavy atom. The molecule has 0 atom stereocenters. The highest BCUT2D eigenvalue weighted by Crippen LogP contribution is 2.18. The maximum absolute atomic E-state index is 5.82. The van der Waals surface area contributed by atoms with E-state index < -0.39 is 0 Å². The van der Waals surface area contributed by atoms with Gasteiger partial charge in [0.2, 0.25) is 0 Å². The zero-order valence-electron chi connectivity index (χ0n) is 12.3. The molecule has 0 aliphatic rings. The van der Waals surface area contributed by atoms with Crippen molar-refractivity contribution in [3.63, 3.8) is 0 Å². The second-order valence-corrected chi connectivity index (χ2v) is 5.38. The molecule has 4 nitrogen and oxygen atoms in total. The summed E-state index contributed by atoms with van der Waals surface area (Å²) in [4.78, 5) is 4.32. The zero-order valence-corrected chi connectivity index (χ0v) is 14.6. The molecule has 1 aromatic rings. The van der Waals surface area contributed by atoms with E-state index in [2.05, 4.69) is 16.4 Å². The molecular weight excluding hydrogens is 353 g/mol. The molecule has 0 aliphatic carbocycles. The molecule has 0 bridgehead atoms. The Kier molecular flexibility index (Phi) is 7.18. The van der Waals surface area contributed by atoms with Crippen molar-refractivity contribution in [3.05, 3.63) is 29.3 Å². The molecule has 0 saturated heterocycles. The van der Waals surface area contributed by atoms with E-state index in [0.717, 1.165) is 16.9 Å². The second kappa shape index (κ2) is 7.57. The fourth-order valence-electron chi connectivity index (χ4n) is 1.64. The average Bonchev–Trinajstić information content (AvgIpc) is 2.24. The summed E-state index contributed by atoms with van der Waals surface area (Å²) in [6.07, 6.45) is 0. The van der Waals surface area contributed by atoms with E-state index in [9.17, 15) is 0 Å². The molecule has 0 unspecified atom stereocenters. The van der Waals surface area contributed by atoms with Crippen LogP contribution in [0.5, 0.6) is 5.75 Å². The van der Waals surface area contributed by atoms with Gasteiger partial charge in [-0.2, -0.15) is 0 Å². The summed E-state index contributed by atoms with van der Waals surface area (Å²) in [6, 6.07) is 6.01. The molecule has 0 saturated carbocycles.